The van der Waals surface area contributed by atoms with Crippen molar-refractivity contribution >= 4 is 11.6 Å². The maximum absolute atomic E-state index is 10.4. The molecule has 0 aromatic heterocycles. The van der Waals surface area contributed by atoms with Gasteiger partial charge in [-0.15, -0.1) is 0 Å². The Bertz CT molecular complexity index is 457. The van der Waals surface area contributed by atoms with Gasteiger partial charge in [0.15, 0.2) is 11.5 Å². The summed E-state index contributed by atoms with van der Waals surface area (Å²) in [7, 11) is 0. The normalized spacial score (nSPS) is 24.0. The van der Waals surface area contributed by atoms with E-state index in [9.17, 15) is 5.11 Å². The maximum Gasteiger partial charge on any atom is 0.162 e. The molecule has 2 heterocycles. The summed E-state index contributed by atoms with van der Waals surface area (Å²) < 4.78 is 16.6. The second-order valence-corrected chi connectivity index (χ2v) is 5.27. The lowest BCUT2D eigenvalue weighted by Crippen LogP contribution is -2.26. The number of fused-ring (bicyclic) bond motifs is 1. The van der Waals surface area contributed by atoms with Crippen molar-refractivity contribution in [2.45, 2.75) is 31.5 Å². The van der Waals surface area contributed by atoms with E-state index in [1.54, 1.807) is 12.1 Å². The van der Waals surface area contributed by atoms with E-state index in [1.165, 1.54) is 0 Å². The molecule has 0 aliphatic carbocycles. The van der Waals surface area contributed by atoms with E-state index in [0.717, 1.165) is 19.3 Å². The molecule has 2 aliphatic heterocycles. The number of ether oxygens (including phenoxy) is 3. The lowest BCUT2D eigenvalue weighted by Gasteiger charge is -2.28. The molecule has 1 saturated heterocycles. The van der Waals surface area contributed by atoms with E-state index in [2.05, 4.69) is 0 Å². The molecule has 1 aromatic carbocycles. The predicted octanol–water partition coefficient (Wildman–Crippen LogP) is 2.71. The Balaban J connectivity index is 1.86. The molecule has 5 heteroatoms. The third-order valence-electron chi connectivity index (χ3n) is 3.55. The fourth-order valence-corrected chi connectivity index (χ4v) is 2.79. The molecule has 0 bridgehead atoms. The van der Waals surface area contributed by atoms with Crippen LogP contribution in [0.4, 0.5) is 0 Å². The molecule has 2 atom stereocenters. The summed E-state index contributed by atoms with van der Waals surface area (Å²) in [6, 6.07) is 3.47. The summed E-state index contributed by atoms with van der Waals surface area (Å²) in [5.41, 5.74) is 0.651. The Hall–Kier alpha value is -0.970. The van der Waals surface area contributed by atoms with Crippen LogP contribution in [0, 0.1) is 0 Å². The number of aliphatic hydroxyl groups excluding tert-OH is 1. The molecule has 1 fully saturated rings. The van der Waals surface area contributed by atoms with Crippen molar-refractivity contribution in [2.75, 3.05) is 19.8 Å². The summed E-state index contributed by atoms with van der Waals surface area (Å²) >= 11 is 6.22. The van der Waals surface area contributed by atoms with Gasteiger partial charge in [0, 0.05) is 18.2 Å². The SMILES string of the molecule is OC(c1cc2c(cc1Cl)OCCO2)C1CCCCO1. The minimum absolute atomic E-state index is 0.186. The van der Waals surface area contributed by atoms with Crippen LogP contribution in [0.3, 0.4) is 0 Å². The maximum atomic E-state index is 10.4. The van der Waals surface area contributed by atoms with Gasteiger partial charge in [-0.1, -0.05) is 11.6 Å². The van der Waals surface area contributed by atoms with E-state index >= 15 is 0 Å². The first-order chi connectivity index (χ1) is 9.25. The molecule has 2 aliphatic rings. The molecule has 3 rings (SSSR count). The lowest BCUT2D eigenvalue weighted by molar-refractivity contribution is -0.0634. The number of rotatable bonds is 2. The highest BCUT2D eigenvalue weighted by atomic mass is 35.5. The Kier molecular flexibility index (Phi) is 3.82. The number of aliphatic hydroxyl groups is 1. The van der Waals surface area contributed by atoms with Gasteiger partial charge in [0.1, 0.15) is 19.3 Å². The molecule has 0 radical (unpaired) electrons. The zero-order valence-electron chi connectivity index (χ0n) is 10.6. The van der Waals surface area contributed by atoms with E-state index in [4.69, 9.17) is 25.8 Å². The first-order valence-electron chi connectivity index (χ1n) is 6.64. The van der Waals surface area contributed by atoms with Crippen molar-refractivity contribution in [1.82, 2.24) is 0 Å². The first kappa shape index (κ1) is 13.0. The van der Waals surface area contributed by atoms with Crippen LogP contribution in [0.1, 0.15) is 30.9 Å². The van der Waals surface area contributed by atoms with Crippen LogP contribution in [-0.4, -0.2) is 31.0 Å². The average molecular weight is 285 g/mol. The molecule has 0 saturated carbocycles. The van der Waals surface area contributed by atoms with Crippen LogP contribution in [0.25, 0.3) is 0 Å². The van der Waals surface area contributed by atoms with Crippen LogP contribution in [0.2, 0.25) is 5.02 Å². The van der Waals surface area contributed by atoms with Crippen LogP contribution >= 0.6 is 11.6 Å². The molecule has 0 spiro atoms. The van der Waals surface area contributed by atoms with Gasteiger partial charge < -0.3 is 19.3 Å². The Morgan fingerprint density at radius 2 is 1.84 bits per heavy atom. The molecule has 0 amide bonds. The Labute approximate surface area is 117 Å². The number of hydrogen-bond donors (Lipinski definition) is 1. The van der Waals surface area contributed by atoms with E-state index in [-0.39, 0.29) is 6.10 Å². The highest BCUT2D eigenvalue weighted by Crippen LogP contribution is 2.39. The quantitative estimate of drug-likeness (QED) is 0.907. The highest BCUT2D eigenvalue weighted by molar-refractivity contribution is 6.31. The van der Waals surface area contributed by atoms with Gasteiger partial charge in [-0.05, 0) is 25.3 Å². The monoisotopic (exact) mass is 284 g/mol. The molecule has 2 unspecified atom stereocenters. The molecule has 4 nitrogen and oxygen atoms in total. The number of hydrogen-bond acceptors (Lipinski definition) is 4. The second kappa shape index (κ2) is 5.57. The van der Waals surface area contributed by atoms with E-state index in [0.29, 0.717) is 41.9 Å². The van der Waals surface area contributed by atoms with Gasteiger partial charge in [-0.3, -0.25) is 0 Å². The molecular formula is C14H17ClO4. The van der Waals surface area contributed by atoms with Gasteiger partial charge in [-0.2, -0.15) is 0 Å². The van der Waals surface area contributed by atoms with Crippen molar-refractivity contribution in [2.24, 2.45) is 0 Å². The predicted molar refractivity (Wildman–Crippen MR) is 71.0 cm³/mol. The molecule has 1 N–H and O–H groups in total. The Morgan fingerprint density at radius 3 is 2.53 bits per heavy atom. The summed E-state index contributed by atoms with van der Waals surface area (Å²) in [4.78, 5) is 0. The van der Waals surface area contributed by atoms with Crippen molar-refractivity contribution in [3.05, 3.63) is 22.7 Å². The highest BCUT2D eigenvalue weighted by Gasteiger charge is 2.27. The van der Waals surface area contributed by atoms with Gasteiger partial charge in [0.05, 0.1) is 11.1 Å². The smallest absolute Gasteiger partial charge is 0.162 e. The van der Waals surface area contributed by atoms with Crippen molar-refractivity contribution in [1.29, 1.82) is 0 Å². The van der Waals surface area contributed by atoms with Crippen LogP contribution in [0.5, 0.6) is 11.5 Å². The van der Waals surface area contributed by atoms with Gasteiger partial charge >= 0.3 is 0 Å². The number of halogens is 1. The molecule has 104 valence electrons. The standard InChI is InChI=1S/C14H17ClO4/c15-10-8-13-12(18-5-6-19-13)7-9(10)14(16)11-3-1-2-4-17-11/h7-8,11,14,16H,1-6H2. The minimum Gasteiger partial charge on any atom is -0.486 e. The van der Waals surface area contributed by atoms with Crippen LogP contribution in [-0.2, 0) is 4.74 Å². The summed E-state index contributed by atoms with van der Waals surface area (Å²) in [5.74, 6) is 1.28. The summed E-state index contributed by atoms with van der Waals surface area (Å²) in [6.07, 6.45) is 2.07. The number of benzene rings is 1. The third-order valence-corrected chi connectivity index (χ3v) is 3.87. The van der Waals surface area contributed by atoms with Crippen LogP contribution in [0.15, 0.2) is 12.1 Å². The van der Waals surface area contributed by atoms with Crippen molar-refractivity contribution < 1.29 is 19.3 Å². The zero-order chi connectivity index (χ0) is 13.2. The fourth-order valence-electron chi connectivity index (χ4n) is 2.52. The van der Waals surface area contributed by atoms with Crippen molar-refractivity contribution in [3.8, 4) is 11.5 Å². The second-order valence-electron chi connectivity index (χ2n) is 4.87. The van der Waals surface area contributed by atoms with Gasteiger partial charge in [0.25, 0.3) is 0 Å². The average Bonchev–Trinajstić information content (AvgIpc) is 2.47. The molecule has 1 aromatic rings. The lowest BCUT2D eigenvalue weighted by atomic mass is 9.98. The van der Waals surface area contributed by atoms with Crippen molar-refractivity contribution in [3.63, 3.8) is 0 Å². The molecular weight excluding hydrogens is 268 g/mol. The molecule has 19 heavy (non-hydrogen) atoms. The summed E-state index contributed by atoms with van der Waals surface area (Å²) in [5, 5.41) is 10.9. The Morgan fingerprint density at radius 1 is 1.11 bits per heavy atom. The summed E-state index contributed by atoms with van der Waals surface area (Å²) in [6.45, 7) is 1.74. The van der Waals surface area contributed by atoms with Crippen LogP contribution < -0.4 is 9.47 Å². The van der Waals surface area contributed by atoms with E-state index in [1.807, 2.05) is 0 Å². The minimum atomic E-state index is -0.719. The topological polar surface area (TPSA) is 47.9 Å². The zero-order valence-corrected chi connectivity index (χ0v) is 11.4. The van der Waals surface area contributed by atoms with E-state index < -0.39 is 6.10 Å². The largest absolute Gasteiger partial charge is 0.486 e. The van der Waals surface area contributed by atoms with Gasteiger partial charge in [-0.25, -0.2) is 0 Å². The fraction of sp³-hybridized carbons (Fsp3) is 0.571. The van der Waals surface area contributed by atoms with Gasteiger partial charge in [0.2, 0.25) is 0 Å². The first-order valence-corrected chi connectivity index (χ1v) is 7.02. The third kappa shape index (κ3) is 2.66.